The Morgan fingerprint density at radius 3 is 2.86 bits per heavy atom. The van der Waals surface area contributed by atoms with Crippen LogP contribution in [0.3, 0.4) is 0 Å². The maximum atomic E-state index is 10.7. The van der Waals surface area contributed by atoms with Crippen molar-refractivity contribution in [3.8, 4) is 23.1 Å². The summed E-state index contributed by atoms with van der Waals surface area (Å²) < 4.78 is 1.71. The monoisotopic (exact) mass is 292 g/mol. The van der Waals surface area contributed by atoms with Gasteiger partial charge in [0.1, 0.15) is 5.69 Å². The van der Waals surface area contributed by atoms with E-state index in [9.17, 15) is 10.1 Å². The zero-order valence-corrected chi connectivity index (χ0v) is 11.6. The molecule has 1 aliphatic carbocycles. The quantitative estimate of drug-likeness (QED) is 0.493. The standard InChI is InChI=1S/C16H12N4O2/c21-20(22)15-8-4-5-13(9-10-15)11-19-12-16(17-18-19)14-6-2-1-3-7-14/h1-3,6-7,9-10,12H,5,11H2. The van der Waals surface area contributed by atoms with Crippen LogP contribution in [0.1, 0.15) is 6.42 Å². The molecule has 0 fully saturated rings. The molecular weight excluding hydrogens is 280 g/mol. The molecule has 0 atom stereocenters. The fourth-order valence-corrected chi connectivity index (χ4v) is 2.09. The van der Waals surface area contributed by atoms with E-state index >= 15 is 0 Å². The number of hydrogen-bond acceptors (Lipinski definition) is 4. The van der Waals surface area contributed by atoms with Crippen molar-refractivity contribution in [2.75, 3.05) is 0 Å². The molecule has 1 aliphatic rings. The van der Waals surface area contributed by atoms with Gasteiger partial charge in [0.2, 0.25) is 0 Å². The Labute approximate surface area is 126 Å². The summed E-state index contributed by atoms with van der Waals surface area (Å²) in [6, 6.07) is 9.78. The van der Waals surface area contributed by atoms with Crippen LogP contribution >= 0.6 is 0 Å². The third-order valence-corrected chi connectivity index (χ3v) is 3.18. The molecule has 6 nitrogen and oxygen atoms in total. The number of hydrogen-bond donors (Lipinski definition) is 0. The van der Waals surface area contributed by atoms with Gasteiger partial charge in [0.15, 0.2) is 0 Å². The lowest BCUT2D eigenvalue weighted by Crippen LogP contribution is -2.01. The summed E-state index contributed by atoms with van der Waals surface area (Å²) in [7, 11) is 0. The van der Waals surface area contributed by atoms with E-state index in [0.717, 1.165) is 16.8 Å². The molecule has 0 saturated carbocycles. The van der Waals surface area contributed by atoms with E-state index in [0.29, 0.717) is 13.0 Å². The molecule has 0 aliphatic heterocycles. The third-order valence-electron chi connectivity index (χ3n) is 3.18. The minimum Gasteiger partial charge on any atom is -0.258 e. The fourth-order valence-electron chi connectivity index (χ4n) is 2.09. The normalized spacial score (nSPS) is 13.5. The van der Waals surface area contributed by atoms with Crippen LogP contribution in [-0.2, 0) is 6.54 Å². The smallest absolute Gasteiger partial charge is 0.258 e. The van der Waals surface area contributed by atoms with E-state index < -0.39 is 4.92 Å². The number of rotatable bonds is 4. The lowest BCUT2D eigenvalue weighted by Gasteiger charge is -2.01. The van der Waals surface area contributed by atoms with Gasteiger partial charge >= 0.3 is 5.70 Å². The number of nitrogens with zero attached hydrogens (tertiary/aromatic N) is 4. The predicted molar refractivity (Wildman–Crippen MR) is 81.0 cm³/mol. The van der Waals surface area contributed by atoms with Gasteiger partial charge in [-0.05, 0) is 5.57 Å². The molecule has 2 aromatic rings. The van der Waals surface area contributed by atoms with Crippen molar-refractivity contribution in [3.63, 3.8) is 0 Å². The maximum Gasteiger partial charge on any atom is 0.319 e. The van der Waals surface area contributed by atoms with Crippen LogP contribution in [0.15, 0.2) is 60.0 Å². The zero-order chi connectivity index (χ0) is 15.4. The largest absolute Gasteiger partial charge is 0.319 e. The highest BCUT2D eigenvalue weighted by molar-refractivity contribution is 5.57. The number of benzene rings is 1. The van der Waals surface area contributed by atoms with Gasteiger partial charge in [-0.2, -0.15) is 0 Å². The summed E-state index contributed by atoms with van der Waals surface area (Å²) in [4.78, 5) is 10.2. The van der Waals surface area contributed by atoms with E-state index in [1.807, 2.05) is 36.5 Å². The Hall–Kier alpha value is -3.20. The molecule has 0 radical (unpaired) electrons. The van der Waals surface area contributed by atoms with Gasteiger partial charge < -0.3 is 0 Å². The first kappa shape index (κ1) is 13.8. The first-order valence-electron chi connectivity index (χ1n) is 6.71. The minimum absolute atomic E-state index is 0.0847. The highest BCUT2D eigenvalue weighted by atomic mass is 16.6. The Bertz CT molecular complexity index is 823. The molecule has 1 aromatic carbocycles. The van der Waals surface area contributed by atoms with Crippen LogP contribution in [0.5, 0.6) is 0 Å². The molecule has 6 heteroatoms. The van der Waals surface area contributed by atoms with Gasteiger partial charge in [-0.1, -0.05) is 47.5 Å². The number of allylic oxidation sites excluding steroid dienone is 4. The lowest BCUT2D eigenvalue weighted by atomic mass is 10.1. The van der Waals surface area contributed by atoms with E-state index in [2.05, 4.69) is 22.2 Å². The van der Waals surface area contributed by atoms with Gasteiger partial charge in [-0.25, -0.2) is 4.68 Å². The van der Waals surface area contributed by atoms with Gasteiger partial charge in [-0.3, -0.25) is 10.1 Å². The second kappa shape index (κ2) is 6.06. The molecule has 0 saturated heterocycles. The highest BCUT2D eigenvalue weighted by Crippen LogP contribution is 2.16. The van der Waals surface area contributed by atoms with Crippen molar-refractivity contribution in [1.82, 2.24) is 15.0 Å². The van der Waals surface area contributed by atoms with Gasteiger partial charge in [0, 0.05) is 24.0 Å². The van der Waals surface area contributed by atoms with Crippen LogP contribution in [0.4, 0.5) is 0 Å². The molecule has 1 heterocycles. The predicted octanol–water partition coefficient (Wildman–Crippen LogP) is 2.44. The van der Waals surface area contributed by atoms with E-state index in [1.54, 1.807) is 10.8 Å². The first-order valence-corrected chi connectivity index (χ1v) is 6.71. The second-order valence-corrected chi connectivity index (χ2v) is 4.78. The Kier molecular flexibility index (Phi) is 3.79. The lowest BCUT2D eigenvalue weighted by molar-refractivity contribution is -0.417. The number of aromatic nitrogens is 3. The summed E-state index contributed by atoms with van der Waals surface area (Å²) in [6.07, 6.45) is 5.49. The molecule has 22 heavy (non-hydrogen) atoms. The Morgan fingerprint density at radius 1 is 1.27 bits per heavy atom. The minimum atomic E-state index is -0.477. The molecule has 3 rings (SSSR count). The van der Waals surface area contributed by atoms with Crippen LogP contribution in [0, 0.1) is 22.0 Å². The van der Waals surface area contributed by atoms with Crippen molar-refractivity contribution < 1.29 is 4.92 Å². The number of nitro groups is 1. The van der Waals surface area contributed by atoms with Gasteiger partial charge in [0.25, 0.3) is 0 Å². The van der Waals surface area contributed by atoms with E-state index in [-0.39, 0.29) is 5.70 Å². The van der Waals surface area contributed by atoms with Crippen molar-refractivity contribution in [2.24, 2.45) is 0 Å². The Morgan fingerprint density at radius 2 is 2.09 bits per heavy atom. The maximum absolute atomic E-state index is 10.7. The van der Waals surface area contributed by atoms with Crippen molar-refractivity contribution in [2.45, 2.75) is 13.0 Å². The van der Waals surface area contributed by atoms with Crippen molar-refractivity contribution in [3.05, 3.63) is 70.1 Å². The van der Waals surface area contributed by atoms with Gasteiger partial charge in [-0.15, -0.1) is 5.10 Å². The fraction of sp³-hybridized carbons (Fsp3) is 0.125. The van der Waals surface area contributed by atoms with E-state index in [4.69, 9.17) is 0 Å². The SMILES string of the molecule is O=[N+]([O-])C1=CC=C(Cn2cc(-c3ccccc3)nn2)CC#C1. The van der Waals surface area contributed by atoms with Gasteiger partial charge in [0.05, 0.1) is 17.7 Å². The molecule has 0 spiro atoms. The second-order valence-electron chi connectivity index (χ2n) is 4.78. The van der Waals surface area contributed by atoms with Crippen molar-refractivity contribution >= 4 is 0 Å². The van der Waals surface area contributed by atoms with Crippen LogP contribution in [0.2, 0.25) is 0 Å². The molecule has 0 N–H and O–H groups in total. The average molecular weight is 292 g/mol. The molecule has 0 amide bonds. The zero-order valence-electron chi connectivity index (χ0n) is 11.6. The van der Waals surface area contributed by atoms with E-state index in [1.165, 1.54) is 6.08 Å². The summed E-state index contributed by atoms with van der Waals surface area (Å²) in [5.74, 6) is 5.34. The Balaban J connectivity index is 1.77. The molecular formula is C16H12N4O2. The summed E-state index contributed by atoms with van der Waals surface area (Å²) in [6.45, 7) is 0.510. The average Bonchev–Trinajstić information content (AvgIpc) is 2.86. The molecule has 0 bridgehead atoms. The third kappa shape index (κ3) is 3.10. The molecule has 1 aromatic heterocycles. The summed E-state index contributed by atoms with van der Waals surface area (Å²) in [5.41, 5.74) is 2.66. The van der Waals surface area contributed by atoms with Crippen molar-refractivity contribution in [1.29, 1.82) is 0 Å². The van der Waals surface area contributed by atoms with Crippen LogP contribution in [0.25, 0.3) is 11.3 Å². The first-order chi connectivity index (χ1) is 10.7. The highest BCUT2D eigenvalue weighted by Gasteiger charge is 2.09. The summed E-state index contributed by atoms with van der Waals surface area (Å²) >= 11 is 0. The van der Waals surface area contributed by atoms with Crippen LogP contribution < -0.4 is 0 Å². The topological polar surface area (TPSA) is 73.8 Å². The molecule has 0 unspecified atom stereocenters. The summed E-state index contributed by atoms with van der Waals surface area (Å²) in [5, 5.41) is 18.9. The molecule has 108 valence electrons. The van der Waals surface area contributed by atoms with Crippen LogP contribution in [-0.4, -0.2) is 19.9 Å².